The van der Waals surface area contributed by atoms with Crippen molar-refractivity contribution >= 4 is 5.91 Å². The van der Waals surface area contributed by atoms with Gasteiger partial charge in [0.1, 0.15) is 5.82 Å². The molecular weight excluding hydrogens is 286 g/mol. The first kappa shape index (κ1) is 15.8. The summed E-state index contributed by atoms with van der Waals surface area (Å²) in [5, 5.41) is 3.14. The van der Waals surface area contributed by atoms with Crippen molar-refractivity contribution in [2.75, 3.05) is 0 Å². The number of nitrogens with one attached hydrogen (secondary N) is 1. The highest BCUT2D eigenvalue weighted by Gasteiger charge is 2.41. The fourth-order valence-corrected chi connectivity index (χ4v) is 3.78. The van der Waals surface area contributed by atoms with Crippen LogP contribution in [-0.2, 0) is 23.8 Å². The average Bonchev–Trinajstić information content (AvgIpc) is 2.99. The second-order valence-corrected chi connectivity index (χ2v) is 6.59. The number of hydrogen-bond acceptors (Lipinski definition) is 2. The summed E-state index contributed by atoms with van der Waals surface area (Å²) in [6.07, 6.45) is 8.99. The number of imidazole rings is 1. The maximum absolute atomic E-state index is 13.1. The predicted octanol–water partition coefficient (Wildman–Crippen LogP) is 3.25. The molecule has 1 heterocycles. The Hall–Kier alpha value is -2.10. The van der Waals surface area contributed by atoms with Gasteiger partial charge < -0.3 is 9.88 Å². The van der Waals surface area contributed by atoms with Crippen molar-refractivity contribution < 1.29 is 4.79 Å². The molecule has 0 unspecified atom stereocenters. The molecule has 1 amide bonds. The lowest BCUT2D eigenvalue weighted by Crippen LogP contribution is -2.46. The molecule has 4 nitrogen and oxygen atoms in total. The van der Waals surface area contributed by atoms with E-state index in [1.54, 1.807) is 6.20 Å². The van der Waals surface area contributed by atoms with Gasteiger partial charge in [-0.3, -0.25) is 4.79 Å². The van der Waals surface area contributed by atoms with Gasteiger partial charge in [-0.25, -0.2) is 4.98 Å². The summed E-state index contributed by atoms with van der Waals surface area (Å²) in [4.78, 5) is 17.4. The molecule has 0 atom stereocenters. The monoisotopic (exact) mass is 311 g/mol. The number of aromatic nitrogens is 2. The minimum absolute atomic E-state index is 0.148. The molecule has 23 heavy (non-hydrogen) atoms. The van der Waals surface area contributed by atoms with Gasteiger partial charge in [0, 0.05) is 19.4 Å². The van der Waals surface area contributed by atoms with Crippen LogP contribution in [0.3, 0.4) is 0 Å². The molecule has 1 aliphatic rings. The Morgan fingerprint density at radius 2 is 2.00 bits per heavy atom. The van der Waals surface area contributed by atoms with Crippen molar-refractivity contribution in [2.45, 2.75) is 51.0 Å². The van der Waals surface area contributed by atoms with Crippen molar-refractivity contribution in [1.82, 2.24) is 14.9 Å². The molecule has 1 fully saturated rings. The Bertz CT molecular complexity index is 683. The van der Waals surface area contributed by atoms with E-state index in [0.29, 0.717) is 6.54 Å². The van der Waals surface area contributed by atoms with Crippen molar-refractivity contribution in [3.63, 3.8) is 0 Å². The van der Waals surface area contributed by atoms with Crippen LogP contribution in [0.2, 0.25) is 0 Å². The molecule has 0 aliphatic heterocycles. The summed E-state index contributed by atoms with van der Waals surface area (Å²) in [7, 11) is 1.95. The standard InChI is InChI=1S/C19H25N3O/c1-15-8-4-5-9-16(15)19(10-6-3-7-11-19)18(23)21-14-17-20-12-13-22(17)2/h4-5,8-9,12-13H,3,6-7,10-11,14H2,1-2H3,(H,21,23). The summed E-state index contributed by atoms with van der Waals surface area (Å²) < 4.78 is 1.95. The van der Waals surface area contributed by atoms with Gasteiger partial charge in [-0.1, -0.05) is 43.5 Å². The van der Waals surface area contributed by atoms with Gasteiger partial charge in [-0.2, -0.15) is 0 Å². The molecule has 1 aliphatic carbocycles. The highest BCUT2D eigenvalue weighted by atomic mass is 16.2. The van der Waals surface area contributed by atoms with E-state index in [9.17, 15) is 4.79 Å². The van der Waals surface area contributed by atoms with Crippen LogP contribution in [0.4, 0.5) is 0 Å². The third kappa shape index (κ3) is 3.03. The van der Waals surface area contributed by atoms with Crippen molar-refractivity contribution in [3.8, 4) is 0 Å². The molecule has 122 valence electrons. The fourth-order valence-electron chi connectivity index (χ4n) is 3.78. The summed E-state index contributed by atoms with van der Waals surface area (Å²) in [6.45, 7) is 2.59. The molecule has 4 heteroatoms. The highest BCUT2D eigenvalue weighted by molar-refractivity contribution is 5.88. The number of carbonyl (C=O) groups is 1. The van der Waals surface area contributed by atoms with Crippen LogP contribution < -0.4 is 5.32 Å². The lowest BCUT2D eigenvalue weighted by atomic mass is 9.67. The van der Waals surface area contributed by atoms with E-state index < -0.39 is 0 Å². The van der Waals surface area contributed by atoms with E-state index in [1.807, 2.05) is 29.9 Å². The van der Waals surface area contributed by atoms with Gasteiger partial charge >= 0.3 is 0 Å². The fraction of sp³-hybridized carbons (Fsp3) is 0.474. The molecule has 1 aromatic heterocycles. The minimum atomic E-state index is -0.380. The van der Waals surface area contributed by atoms with Crippen LogP contribution in [0.1, 0.15) is 49.1 Å². The minimum Gasteiger partial charge on any atom is -0.348 e. The van der Waals surface area contributed by atoms with Gasteiger partial charge in [0.05, 0.1) is 12.0 Å². The Morgan fingerprint density at radius 1 is 1.26 bits per heavy atom. The Labute approximate surface area is 137 Å². The Kier molecular flexibility index (Phi) is 4.51. The number of rotatable bonds is 4. The maximum atomic E-state index is 13.1. The molecule has 3 rings (SSSR count). The van der Waals surface area contributed by atoms with E-state index in [1.165, 1.54) is 17.5 Å². The number of aryl methyl sites for hydroxylation is 2. The van der Waals surface area contributed by atoms with Gasteiger partial charge in [0.15, 0.2) is 0 Å². The van der Waals surface area contributed by atoms with Gasteiger partial charge in [-0.15, -0.1) is 0 Å². The van der Waals surface area contributed by atoms with Crippen molar-refractivity contribution in [2.24, 2.45) is 7.05 Å². The van der Waals surface area contributed by atoms with Crippen LogP contribution in [-0.4, -0.2) is 15.5 Å². The Morgan fingerprint density at radius 3 is 2.65 bits per heavy atom. The highest BCUT2D eigenvalue weighted by Crippen LogP contribution is 2.41. The van der Waals surface area contributed by atoms with E-state index in [0.717, 1.165) is 31.5 Å². The lowest BCUT2D eigenvalue weighted by Gasteiger charge is -2.37. The van der Waals surface area contributed by atoms with Crippen LogP contribution in [0, 0.1) is 6.92 Å². The zero-order valence-electron chi connectivity index (χ0n) is 14.0. The molecule has 1 saturated carbocycles. The van der Waals surface area contributed by atoms with E-state index in [2.05, 4.69) is 29.4 Å². The van der Waals surface area contributed by atoms with Gasteiger partial charge in [0.2, 0.25) is 5.91 Å². The first-order valence-corrected chi connectivity index (χ1v) is 8.44. The molecular formula is C19H25N3O. The molecule has 0 bridgehead atoms. The number of carbonyl (C=O) groups excluding carboxylic acids is 1. The average molecular weight is 311 g/mol. The first-order valence-electron chi connectivity index (χ1n) is 8.44. The number of amides is 1. The topological polar surface area (TPSA) is 46.9 Å². The largest absolute Gasteiger partial charge is 0.348 e. The second-order valence-electron chi connectivity index (χ2n) is 6.59. The van der Waals surface area contributed by atoms with E-state index in [4.69, 9.17) is 0 Å². The SMILES string of the molecule is Cc1ccccc1C1(C(=O)NCc2nccn2C)CCCCC1. The molecule has 0 radical (unpaired) electrons. The zero-order valence-corrected chi connectivity index (χ0v) is 14.0. The maximum Gasteiger partial charge on any atom is 0.231 e. The van der Waals surface area contributed by atoms with Crippen molar-refractivity contribution in [1.29, 1.82) is 0 Å². The van der Waals surface area contributed by atoms with Crippen LogP contribution >= 0.6 is 0 Å². The molecule has 1 N–H and O–H groups in total. The van der Waals surface area contributed by atoms with Crippen LogP contribution in [0.15, 0.2) is 36.7 Å². The first-order chi connectivity index (χ1) is 11.1. The molecule has 2 aromatic rings. The summed E-state index contributed by atoms with van der Waals surface area (Å²) in [5.74, 6) is 1.03. The van der Waals surface area contributed by atoms with Crippen molar-refractivity contribution in [3.05, 3.63) is 53.6 Å². The quantitative estimate of drug-likeness (QED) is 0.942. The van der Waals surface area contributed by atoms with Gasteiger partial charge in [-0.05, 0) is 30.9 Å². The number of benzene rings is 1. The van der Waals surface area contributed by atoms with Gasteiger partial charge in [0.25, 0.3) is 0 Å². The molecule has 0 spiro atoms. The second kappa shape index (κ2) is 6.57. The normalized spacial score (nSPS) is 17.0. The summed E-state index contributed by atoms with van der Waals surface area (Å²) >= 11 is 0. The smallest absolute Gasteiger partial charge is 0.231 e. The number of nitrogens with zero attached hydrogens (tertiary/aromatic N) is 2. The van der Waals surface area contributed by atoms with E-state index >= 15 is 0 Å². The third-order valence-electron chi connectivity index (χ3n) is 5.13. The lowest BCUT2D eigenvalue weighted by molar-refractivity contribution is -0.128. The van der Waals surface area contributed by atoms with E-state index in [-0.39, 0.29) is 11.3 Å². The van der Waals surface area contributed by atoms with Crippen LogP contribution in [0.5, 0.6) is 0 Å². The third-order valence-corrected chi connectivity index (χ3v) is 5.13. The number of hydrogen-bond donors (Lipinski definition) is 1. The predicted molar refractivity (Wildman–Crippen MR) is 91.0 cm³/mol. The Balaban J connectivity index is 1.85. The summed E-state index contributed by atoms with van der Waals surface area (Å²) in [6, 6.07) is 8.32. The molecule has 0 saturated heterocycles. The summed E-state index contributed by atoms with van der Waals surface area (Å²) in [5.41, 5.74) is 2.02. The van der Waals surface area contributed by atoms with Crippen LogP contribution in [0.25, 0.3) is 0 Å². The molecule has 1 aromatic carbocycles. The zero-order chi connectivity index (χ0) is 16.3.